The number of esters is 1. The molecule has 0 bridgehead atoms. The Morgan fingerprint density at radius 2 is 1.70 bits per heavy atom. The number of carbonyl (C=O) groups excluding carboxylic acids is 4. The molecule has 1 aromatic heterocycles. The van der Waals surface area contributed by atoms with E-state index in [1.165, 1.54) is 26.3 Å². The Labute approximate surface area is 310 Å². The maximum absolute atomic E-state index is 13.5. The molecule has 53 heavy (non-hydrogen) atoms. The van der Waals surface area contributed by atoms with E-state index >= 15 is 0 Å². The van der Waals surface area contributed by atoms with Crippen LogP contribution in [0, 0.1) is 12.3 Å². The number of nitrogens with one attached hydrogen (secondary N) is 1. The number of oxazole rings is 1. The van der Waals surface area contributed by atoms with Gasteiger partial charge in [-0.3, -0.25) is 19.6 Å². The van der Waals surface area contributed by atoms with Crippen LogP contribution >= 0.6 is 0 Å². The fourth-order valence-corrected chi connectivity index (χ4v) is 5.00. The molecule has 290 valence electrons. The highest BCUT2D eigenvalue weighted by molar-refractivity contribution is 5.95. The number of amides is 3. The van der Waals surface area contributed by atoms with E-state index in [1.807, 2.05) is 18.2 Å². The zero-order valence-corrected chi connectivity index (χ0v) is 31.6. The lowest BCUT2D eigenvalue weighted by Crippen LogP contribution is -2.64. The van der Waals surface area contributed by atoms with E-state index < -0.39 is 53.8 Å². The SMILES string of the molecule is COC(=O)[C@@H]([C@@H](C)OC)N(C)C(=O)[C@]1(N(O)C(=O)C=CC=CC=CC=CCNC(=O)C(C)(C)[C@@H](O)C(C)=CC=CC=CCc2cnc(C)o2)COCO1. The minimum atomic E-state index is -2.24. The Hall–Kier alpha value is -4.93. The van der Waals surface area contributed by atoms with Gasteiger partial charge in [0.1, 0.15) is 12.4 Å². The number of aromatic nitrogens is 1. The van der Waals surface area contributed by atoms with E-state index in [4.69, 9.17) is 23.4 Å². The summed E-state index contributed by atoms with van der Waals surface area (Å²) in [5, 5.41) is 24.5. The lowest BCUT2D eigenvalue weighted by Gasteiger charge is -2.38. The van der Waals surface area contributed by atoms with Crippen molar-refractivity contribution >= 4 is 23.7 Å². The first-order valence-electron chi connectivity index (χ1n) is 16.8. The summed E-state index contributed by atoms with van der Waals surface area (Å²) in [6.07, 6.45) is 22.0. The molecule has 1 aromatic rings. The van der Waals surface area contributed by atoms with Crippen molar-refractivity contribution in [3.05, 3.63) is 102 Å². The Kier molecular flexibility index (Phi) is 18.0. The minimum absolute atomic E-state index is 0.125. The normalized spacial score (nSPS) is 18.9. The fourth-order valence-electron chi connectivity index (χ4n) is 5.00. The standard InChI is InChI=1S/C38H52N4O11/c1-27(20-16-13-14-17-21-30-24-40-29(3)53-30)33(44)37(4,5)35(46)39-23-19-15-11-9-10-12-18-22-31(43)42(48)38(25-51-26-52-38)36(47)41(6)32(28(2)49-7)34(45)50-8/h9-20,22,24,28,32-33,44,48H,21,23,25-26H2,1-8H3,(H,39,46)/t28-,32-,33+,38+/m1/s1. The maximum Gasteiger partial charge on any atom is 0.331 e. The summed E-state index contributed by atoms with van der Waals surface area (Å²) in [4.78, 5) is 56.5. The van der Waals surface area contributed by atoms with E-state index in [0.29, 0.717) is 17.9 Å². The van der Waals surface area contributed by atoms with E-state index in [9.17, 15) is 29.5 Å². The second-order valence-corrected chi connectivity index (χ2v) is 12.5. The van der Waals surface area contributed by atoms with Crippen molar-refractivity contribution in [3.63, 3.8) is 0 Å². The summed E-state index contributed by atoms with van der Waals surface area (Å²) < 4.78 is 26.0. The van der Waals surface area contributed by atoms with Crippen molar-refractivity contribution in [1.82, 2.24) is 20.3 Å². The molecule has 15 nitrogen and oxygen atoms in total. The first-order valence-corrected chi connectivity index (χ1v) is 16.8. The van der Waals surface area contributed by atoms with Gasteiger partial charge in [-0.15, -0.1) is 0 Å². The van der Waals surface area contributed by atoms with Crippen molar-refractivity contribution in [2.75, 3.05) is 41.2 Å². The van der Waals surface area contributed by atoms with Crippen molar-refractivity contribution in [2.45, 2.75) is 65.0 Å². The Bertz CT molecular complexity index is 1600. The van der Waals surface area contributed by atoms with Crippen LogP contribution in [0.15, 0.2) is 95.2 Å². The van der Waals surface area contributed by atoms with Crippen molar-refractivity contribution < 1.29 is 52.9 Å². The molecule has 3 N–H and O–H groups in total. The molecule has 1 aliphatic rings. The average molecular weight is 741 g/mol. The largest absolute Gasteiger partial charge is 0.467 e. The van der Waals surface area contributed by atoms with Crippen molar-refractivity contribution in [2.24, 2.45) is 5.41 Å². The third kappa shape index (κ3) is 12.6. The molecule has 0 aromatic carbocycles. The molecule has 2 rings (SSSR count). The number of carbonyl (C=O) groups is 4. The van der Waals surface area contributed by atoms with Crippen LogP contribution < -0.4 is 5.32 Å². The smallest absolute Gasteiger partial charge is 0.331 e. The highest BCUT2D eigenvalue weighted by atomic mass is 16.8. The van der Waals surface area contributed by atoms with Crippen LogP contribution in [0.2, 0.25) is 0 Å². The van der Waals surface area contributed by atoms with Gasteiger partial charge < -0.3 is 38.7 Å². The number of rotatable bonds is 19. The van der Waals surface area contributed by atoms with Gasteiger partial charge in [0, 0.05) is 40.1 Å². The van der Waals surface area contributed by atoms with Crippen LogP contribution in [0.1, 0.15) is 39.3 Å². The van der Waals surface area contributed by atoms with Gasteiger partial charge >= 0.3 is 5.97 Å². The van der Waals surface area contributed by atoms with E-state index in [0.717, 1.165) is 23.8 Å². The lowest BCUT2D eigenvalue weighted by atomic mass is 9.81. The maximum atomic E-state index is 13.5. The van der Waals surface area contributed by atoms with Crippen LogP contribution in [-0.2, 0) is 44.5 Å². The van der Waals surface area contributed by atoms with Crippen LogP contribution in [0.4, 0.5) is 0 Å². The summed E-state index contributed by atoms with van der Waals surface area (Å²) in [5.74, 6) is -1.59. The molecule has 3 amide bonds. The third-order valence-electron chi connectivity index (χ3n) is 8.28. The number of nitrogens with zero attached hydrogens (tertiary/aromatic N) is 3. The number of aryl methyl sites for hydroxylation is 1. The van der Waals surface area contributed by atoms with Crippen molar-refractivity contribution in [1.29, 1.82) is 0 Å². The Morgan fingerprint density at radius 3 is 2.30 bits per heavy atom. The second-order valence-electron chi connectivity index (χ2n) is 12.5. The van der Waals surface area contributed by atoms with Gasteiger partial charge in [0.25, 0.3) is 17.5 Å². The predicted octanol–water partition coefficient (Wildman–Crippen LogP) is 3.27. The predicted molar refractivity (Wildman–Crippen MR) is 195 cm³/mol. The topological polar surface area (TPSA) is 190 Å². The number of hydroxylamine groups is 2. The number of allylic oxidation sites excluding steroid dienone is 11. The molecule has 1 saturated heterocycles. The molecule has 0 aliphatic carbocycles. The molecule has 15 heteroatoms. The monoisotopic (exact) mass is 740 g/mol. The summed E-state index contributed by atoms with van der Waals surface area (Å²) >= 11 is 0. The van der Waals surface area contributed by atoms with Crippen LogP contribution in [0.3, 0.4) is 0 Å². The van der Waals surface area contributed by atoms with Gasteiger partial charge in [-0.1, -0.05) is 72.9 Å². The minimum Gasteiger partial charge on any atom is -0.467 e. The highest BCUT2D eigenvalue weighted by Crippen LogP contribution is 2.28. The first kappa shape index (κ1) is 44.2. The molecule has 0 spiro atoms. The molecule has 1 aliphatic heterocycles. The number of methoxy groups -OCH3 is 2. The van der Waals surface area contributed by atoms with E-state index in [-0.39, 0.29) is 24.3 Å². The van der Waals surface area contributed by atoms with E-state index in [1.54, 1.807) is 83.3 Å². The number of likely N-dealkylation sites (N-methyl/N-ethyl adjacent to an activating group) is 1. The molecular formula is C38H52N4O11. The first-order chi connectivity index (χ1) is 25.1. The molecular weight excluding hydrogens is 688 g/mol. The molecule has 4 atom stereocenters. The van der Waals surface area contributed by atoms with Crippen LogP contribution in [-0.4, -0.2) is 114 Å². The Balaban J connectivity index is 1.86. The van der Waals surface area contributed by atoms with Gasteiger partial charge in [0.2, 0.25) is 5.91 Å². The zero-order chi connectivity index (χ0) is 39.6. The summed E-state index contributed by atoms with van der Waals surface area (Å²) in [5.41, 5.74) is -2.68. The summed E-state index contributed by atoms with van der Waals surface area (Å²) in [7, 11) is 3.81. The second kappa shape index (κ2) is 21.6. The third-order valence-corrected chi connectivity index (χ3v) is 8.28. The number of aliphatic hydroxyl groups is 1. The Morgan fingerprint density at radius 1 is 1.06 bits per heavy atom. The van der Waals surface area contributed by atoms with E-state index in [2.05, 4.69) is 10.3 Å². The van der Waals surface area contributed by atoms with Gasteiger partial charge in [-0.05, 0) is 33.3 Å². The molecule has 2 heterocycles. The number of hydrogen-bond acceptors (Lipinski definition) is 12. The molecule has 0 unspecified atom stereocenters. The average Bonchev–Trinajstić information content (AvgIpc) is 3.82. The number of ether oxygens (including phenoxy) is 4. The molecule has 0 radical (unpaired) electrons. The highest BCUT2D eigenvalue weighted by Gasteiger charge is 2.54. The van der Waals surface area contributed by atoms with Gasteiger partial charge in [0.05, 0.1) is 30.9 Å². The van der Waals surface area contributed by atoms with Gasteiger partial charge in [-0.25, -0.2) is 9.78 Å². The van der Waals surface area contributed by atoms with Crippen LogP contribution in [0.25, 0.3) is 0 Å². The van der Waals surface area contributed by atoms with Crippen LogP contribution in [0.5, 0.6) is 0 Å². The van der Waals surface area contributed by atoms with Crippen molar-refractivity contribution in [3.8, 4) is 0 Å². The summed E-state index contributed by atoms with van der Waals surface area (Å²) in [6.45, 7) is 7.82. The summed E-state index contributed by atoms with van der Waals surface area (Å²) in [6, 6.07) is -1.20. The molecule has 0 saturated carbocycles. The van der Waals surface area contributed by atoms with Gasteiger partial charge in [-0.2, -0.15) is 5.06 Å². The molecule has 1 fully saturated rings. The quantitative estimate of drug-likeness (QED) is 0.0618. The fraction of sp³-hybridized carbons (Fsp3) is 0.447. The number of hydrogen-bond donors (Lipinski definition) is 3. The number of aliphatic hydroxyl groups excluding tert-OH is 1. The van der Waals surface area contributed by atoms with Gasteiger partial charge in [0.15, 0.2) is 18.7 Å². The zero-order valence-electron chi connectivity index (χ0n) is 31.6. The lowest BCUT2D eigenvalue weighted by molar-refractivity contribution is -0.246.